The first kappa shape index (κ1) is 18.1. The van der Waals surface area contributed by atoms with Crippen LogP contribution in [0.15, 0.2) is 0 Å². The van der Waals surface area contributed by atoms with Gasteiger partial charge in [-0.3, -0.25) is 9.59 Å². The summed E-state index contributed by atoms with van der Waals surface area (Å²) in [6, 6.07) is 0. The van der Waals surface area contributed by atoms with Gasteiger partial charge in [-0.2, -0.15) is 0 Å². The van der Waals surface area contributed by atoms with Gasteiger partial charge in [0.25, 0.3) is 0 Å². The minimum atomic E-state index is -0.125. The van der Waals surface area contributed by atoms with Gasteiger partial charge in [-0.05, 0) is 18.8 Å². The standard InChI is InChI=1S/C16H29NO4/c1-12(2)14(18)11-21-10-9-20-8-7-17-15(19)16(5-6-16)13(3)4/h12-13H,5-11H2,1-4H3,(H,17,19). The predicted molar refractivity (Wildman–Crippen MR) is 81.0 cm³/mol. The number of Topliss-reactive ketones (excluding diaryl/α,β-unsaturated/α-hetero) is 1. The molecule has 5 nitrogen and oxygen atoms in total. The summed E-state index contributed by atoms with van der Waals surface area (Å²) < 4.78 is 10.6. The lowest BCUT2D eigenvalue weighted by molar-refractivity contribution is -0.129. The van der Waals surface area contributed by atoms with Gasteiger partial charge in [0.05, 0.1) is 25.2 Å². The van der Waals surface area contributed by atoms with Crippen LogP contribution >= 0.6 is 0 Å². The molecule has 0 aromatic rings. The molecule has 0 aromatic carbocycles. The third-order valence-corrected chi connectivity index (χ3v) is 4.14. The first-order valence-electron chi connectivity index (χ1n) is 7.86. The maximum atomic E-state index is 12.0. The van der Waals surface area contributed by atoms with Crippen LogP contribution < -0.4 is 5.32 Å². The molecule has 0 radical (unpaired) electrons. The first-order valence-corrected chi connectivity index (χ1v) is 7.86. The summed E-state index contributed by atoms with van der Waals surface area (Å²) in [4.78, 5) is 23.3. The molecule has 5 heteroatoms. The summed E-state index contributed by atoms with van der Waals surface area (Å²) in [5.41, 5.74) is -0.125. The number of rotatable bonds is 11. The number of carbonyl (C=O) groups is 2. The third-order valence-electron chi connectivity index (χ3n) is 4.14. The lowest BCUT2D eigenvalue weighted by Gasteiger charge is -2.18. The normalized spacial score (nSPS) is 16.3. The maximum absolute atomic E-state index is 12.0. The van der Waals surface area contributed by atoms with E-state index in [9.17, 15) is 9.59 Å². The van der Waals surface area contributed by atoms with Crippen molar-refractivity contribution in [2.45, 2.75) is 40.5 Å². The minimum absolute atomic E-state index is 0.0110. The van der Waals surface area contributed by atoms with Crippen LogP contribution in [0.3, 0.4) is 0 Å². The monoisotopic (exact) mass is 299 g/mol. The first-order chi connectivity index (χ1) is 9.90. The van der Waals surface area contributed by atoms with Crippen LogP contribution in [0.5, 0.6) is 0 Å². The Morgan fingerprint density at radius 2 is 1.67 bits per heavy atom. The molecule has 0 bridgehead atoms. The van der Waals surface area contributed by atoms with E-state index in [4.69, 9.17) is 9.47 Å². The lowest BCUT2D eigenvalue weighted by Crippen LogP contribution is -2.37. The van der Waals surface area contributed by atoms with Crippen LogP contribution in [0.25, 0.3) is 0 Å². The van der Waals surface area contributed by atoms with Crippen molar-refractivity contribution >= 4 is 11.7 Å². The van der Waals surface area contributed by atoms with E-state index in [1.165, 1.54) is 0 Å². The lowest BCUT2D eigenvalue weighted by atomic mass is 9.91. The van der Waals surface area contributed by atoms with Crippen LogP contribution in [-0.2, 0) is 19.1 Å². The molecule has 1 aliphatic carbocycles. The molecule has 0 spiro atoms. The van der Waals surface area contributed by atoms with Gasteiger partial charge in [-0.25, -0.2) is 0 Å². The molecule has 1 aliphatic rings. The quantitative estimate of drug-likeness (QED) is 0.591. The molecule has 1 fully saturated rings. The van der Waals surface area contributed by atoms with Crippen LogP contribution in [-0.4, -0.2) is 44.7 Å². The van der Waals surface area contributed by atoms with Gasteiger partial charge in [0.2, 0.25) is 5.91 Å². The minimum Gasteiger partial charge on any atom is -0.377 e. The van der Waals surface area contributed by atoms with Gasteiger partial charge < -0.3 is 14.8 Å². The number of ketones is 1. The Morgan fingerprint density at radius 1 is 1.05 bits per heavy atom. The highest BCUT2D eigenvalue weighted by atomic mass is 16.5. The van der Waals surface area contributed by atoms with Crippen LogP contribution in [0, 0.1) is 17.3 Å². The Hall–Kier alpha value is -0.940. The van der Waals surface area contributed by atoms with E-state index >= 15 is 0 Å². The Kier molecular flexibility index (Phi) is 7.32. The highest BCUT2D eigenvalue weighted by Crippen LogP contribution is 2.51. The molecule has 0 aliphatic heterocycles. The number of carbonyl (C=O) groups excluding carboxylic acids is 2. The third kappa shape index (κ3) is 5.75. The molecule has 0 unspecified atom stereocenters. The Balaban J connectivity index is 1.96. The van der Waals surface area contributed by atoms with Crippen LogP contribution in [0.4, 0.5) is 0 Å². The van der Waals surface area contributed by atoms with Crippen LogP contribution in [0.2, 0.25) is 0 Å². The molecule has 0 aromatic heterocycles. The van der Waals surface area contributed by atoms with Crippen molar-refractivity contribution in [1.82, 2.24) is 5.32 Å². The average molecular weight is 299 g/mol. The summed E-state index contributed by atoms with van der Waals surface area (Å²) in [5, 5.41) is 2.93. The van der Waals surface area contributed by atoms with Gasteiger partial charge in [0.1, 0.15) is 6.61 Å². The summed E-state index contributed by atoms with van der Waals surface area (Å²) in [7, 11) is 0. The summed E-state index contributed by atoms with van der Waals surface area (Å²) in [6.07, 6.45) is 1.99. The highest BCUT2D eigenvalue weighted by molar-refractivity contribution is 5.85. The molecule has 1 N–H and O–H groups in total. The molecule has 0 heterocycles. The topological polar surface area (TPSA) is 64.6 Å². The van der Waals surface area contributed by atoms with Crippen molar-refractivity contribution < 1.29 is 19.1 Å². The van der Waals surface area contributed by atoms with E-state index < -0.39 is 0 Å². The molecular formula is C16H29NO4. The molecular weight excluding hydrogens is 270 g/mol. The summed E-state index contributed by atoms with van der Waals surface area (Å²) in [5.74, 6) is 0.660. The van der Waals surface area contributed by atoms with E-state index in [1.54, 1.807) is 0 Å². The fourth-order valence-corrected chi connectivity index (χ4v) is 2.17. The van der Waals surface area contributed by atoms with E-state index in [1.807, 2.05) is 13.8 Å². The van der Waals surface area contributed by atoms with E-state index in [0.717, 1.165) is 12.8 Å². The number of hydrogen-bond donors (Lipinski definition) is 1. The van der Waals surface area contributed by atoms with Crippen molar-refractivity contribution in [2.75, 3.05) is 33.0 Å². The zero-order valence-electron chi connectivity index (χ0n) is 13.7. The van der Waals surface area contributed by atoms with E-state index in [2.05, 4.69) is 19.2 Å². The summed E-state index contributed by atoms with van der Waals surface area (Å²) in [6.45, 7) is 9.90. The zero-order chi connectivity index (χ0) is 15.9. The molecule has 0 saturated heterocycles. The number of ether oxygens (including phenoxy) is 2. The number of amides is 1. The van der Waals surface area contributed by atoms with Gasteiger partial charge in [0.15, 0.2) is 5.78 Å². The molecule has 21 heavy (non-hydrogen) atoms. The fraction of sp³-hybridized carbons (Fsp3) is 0.875. The van der Waals surface area contributed by atoms with Gasteiger partial charge in [-0.1, -0.05) is 27.7 Å². The molecule has 1 rings (SSSR count). The second-order valence-corrected chi connectivity index (χ2v) is 6.35. The predicted octanol–water partition coefficient (Wildman–Crippen LogP) is 1.80. The maximum Gasteiger partial charge on any atom is 0.226 e. The highest BCUT2D eigenvalue weighted by Gasteiger charge is 2.51. The Labute approximate surface area is 127 Å². The van der Waals surface area contributed by atoms with Crippen molar-refractivity contribution in [3.8, 4) is 0 Å². The summed E-state index contributed by atoms with van der Waals surface area (Å²) >= 11 is 0. The van der Waals surface area contributed by atoms with Crippen molar-refractivity contribution in [1.29, 1.82) is 0 Å². The molecule has 1 saturated carbocycles. The second kappa shape index (κ2) is 8.49. The zero-order valence-corrected chi connectivity index (χ0v) is 13.7. The molecule has 1 amide bonds. The van der Waals surface area contributed by atoms with Gasteiger partial charge in [0, 0.05) is 12.5 Å². The second-order valence-electron chi connectivity index (χ2n) is 6.35. The molecule has 0 atom stereocenters. The largest absolute Gasteiger partial charge is 0.377 e. The Bertz CT molecular complexity index is 348. The van der Waals surface area contributed by atoms with Crippen LogP contribution in [0.1, 0.15) is 40.5 Å². The Morgan fingerprint density at radius 3 is 2.19 bits per heavy atom. The average Bonchev–Trinajstić information content (AvgIpc) is 3.22. The smallest absolute Gasteiger partial charge is 0.226 e. The molecule has 122 valence electrons. The van der Waals surface area contributed by atoms with Gasteiger partial charge in [-0.15, -0.1) is 0 Å². The van der Waals surface area contributed by atoms with Crippen molar-refractivity contribution in [3.05, 3.63) is 0 Å². The van der Waals surface area contributed by atoms with Gasteiger partial charge >= 0.3 is 0 Å². The number of nitrogens with one attached hydrogen (secondary N) is 1. The van der Waals surface area contributed by atoms with E-state index in [-0.39, 0.29) is 29.6 Å². The SMILES string of the molecule is CC(C)C(=O)COCCOCCNC(=O)C1(C(C)C)CC1. The number of hydrogen-bond acceptors (Lipinski definition) is 4. The fourth-order valence-electron chi connectivity index (χ4n) is 2.17. The van der Waals surface area contributed by atoms with Crippen molar-refractivity contribution in [2.24, 2.45) is 17.3 Å². The van der Waals surface area contributed by atoms with E-state index in [0.29, 0.717) is 32.3 Å². The van der Waals surface area contributed by atoms with Crippen molar-refractivity contribution in [3.63, 3.8) is 0 Å².